The van der Waals surface area contributed by atoms with Gasteiger partial charge in [-0.05, 0) is 49.2 Å². The first-order valence-electron chi connectivity index (χ1n) is 9.53. The van der Waals surface area contributed by atoms with Gasteiger partial charge in [-0.15, -0.1) is 0 Å². The van der Waals surface area contributed by atoms with Crippen molar-refractivity contribution in [2.75, 3.05) is 38.7 Å². The molecule has 2 aromatic rings. The maximum Gasteiger partial charge on any atom is 0.264 e. The maximum atomic E-state index is 13.0. The zero-order chi connectivity index (χ0) is 21.9. The number of anilines is 1. The van der Waals surface area contributed by atoms with Crippen molar-refractivity contribution in [3.05, 3.63) is 42.5 Å². The summed E-state index contributed by atoms with van der Waals surface area (Å²) in [6.07, 6.45) is 2.69. The second-order valence-electron chi connectivity index (χ2n) is 6.95. The molecule has 0 amide bonds. The first-order chi connectivity index (χ1) is 14.2. The van der Waals surface area contributed by atoms with Crippen LogP contribution in [0.25, 0.3) is 0 Å². The van der Waals surface area contributed by atoms with Crippen molar-refractivity contribution >= 4 is 25.7 Å². The third-order valence-corrected chi connectivity index (χ3v) is 8.88. The van der Waals surface area contributed by atoms with Crippen LogP contribution in [0.3, 0.4) is 0 Å². The third kappa shape index (κ3) is 4.26. The van der Waals surface area contributed by atoms with Gasteiger partial charge in [-0.3, -0.25) is 4.31 Å². The van der Waals surface area contributed by atoms with Crippen LogP contribution in [-0.4, -0.2) is 55.5 Å². The Morgan fingerprint density at radius 3 is 1.93 bits per heavy atom. The van der Waals surface area contributed by atoms with Crippen molar-refractivity contribution < 1.29 is 26.3 Å². The minimum Gasteiger partial charge on any atom is -0.493 e. The van der Waals surface area contributed by atoms with E-state index >= 15 is 0 Å². The van der Waals surface area contributed by atoms with Crippen LogP contribution in [-0.2, 0) is 20.0 Å². The van der Waals surface area contributed by atoms with E-state index in [1.54, 1.807) is 18.2 Å². The van der Waals surface area contributed by atoms with E-state index < -0.39 is 20.0 Å². The molecule has 0 bridgehead atoms. The van der Waals surface area contributed by atoms with Gasteiger partial charge in [-0.1, -0.05) is 6.42 Å². The molecule has 1 aliphatic rings. The number of piperidine rings is 1. The molecule has 0 unspecified atom stereocenters. The van der Waals surface area contributed by atoms with Gasteiger partial charge >= 0.3 is 0 Å². The second-order valence-corrected chi connectivity index (χ2v) is 10.9. The van der Waals surface area contributed by atoms with Gasteiger partial charge in [0.15, 0.2) is 11.5 Å². The SMILES string of the molecule is COc1ccc(N(C)S(=O)(=O)c2ccc(S(=O)(=O)N3CCCCC3)cc2)cc1OC. The Hall–Kier alpha value is -2.30. The molecule has 0 spiro atoms. The predicted molar refractivity (Wildman–Crippen MR) is 114 cm³/mol. The summed E-state index contributed by atoms with van der Waals surface area (Å²) in [7, 11) is -3.12. The van der Waals surface area contributed by atoms with Crippen LogP contribution in [0.15, 0.2) is 52.3 Å². The molecule has 30 heavy (non-hydrogen) atoms. The summed E-state index contributed by atoms with van der Waals surface area (Å²) in [6.45, 7) is 0.981. The highest BCUT2D eigenvalue weighted by Crippen LogP contribution is 2.33. The highest BCUT2D eigenvalue weighted by Gasteiger charge is 2.27. The third-order valence-electron chi connectivity index (χ3n) is 5.17. The number of benzene rings is 2. The van der Waals surface area contributed by atoms with Gasteiger partial charge in [-0.2, -0.15) is 4.31 Å². The van der Waals surface area contributed by atoms with Gasteiger partial charge in [0, 0.05) is 26.2 Å². The zero-order valence-corrected chi connectivity index (χ0v) is 18.9. The quantitative estimate of drug-likeness (QED) is 0.639. The summed E-state index contributed by atoms with van der Waals surface area (Å²) in [6, 6.07) is 10.1. The first-order valence-corrected chi connectivity index (χ1v) is 12.4. The Morgan fingerprint density at radius 1 is 0.800 bits per heavy atom. The molecule has 8 nitrogen and oxygen atoms in total. The van der Waals surface area contributed by atoms with Crippen LogP contribution < -0.4 is 13.8 Å². The summed E-state index contributed by atoms with van der Waals surface area (Å²) in [5.41, 5.74) is 0.387. The number of ether oxygens (including phenoxy) is 2. The van der Waals surface area contributed by atoms with E-state index in [0.29, 0.717) is 30.3 Å². The fourth-order valence-corrected chi connectivity index (χ4v) is 6.06. The van der Waals surface area contributed by atoms with Crippen molar-refractivity contribution in [3.63, 3.8) is 0 Å². The average molecular weight is 455 g/mol. The van der Waals surface area contributed by atoms with Crippen LogP contribution in [0.5, 0.6) is 11.5 Å². The fraction of sp³-hybridized carbons (Fsp3) is 0.400. The van der Waals surface area contributed by atoms with E-state index in [-0.39, 0.29) is 9.79 Å². The second kappa shape index (κ2) is 8.83. The topological polar surface area (TPSA) is 93.2 Å². The van der Waals surface area contributed by atoms with Crippen molar-refractivity contribution in [3.8, 4) is 11.5 Å². The number of rotatable bonds is 7. The van der Waals surface area contributed by atoms with Crippen molar-refractivity contribution in [1.29, 1.82) is 0 Å². The molecule has 0 radical (unpaired) electrons. The lowest BCUT2D eigenvalue weighted by Crippen LogP contribution is -2.35. The molecule has 0 atom stereocenters. The molecule has 1 heterocycles. The van der Waals surface area contributed by atoms with E-state index in [1.807, 2.05) is 0 Å². The van der Waals surface area contributed by atoms with Crippen molar-refractivity contribution in [2.45, 2.75) is 29.1 Å². The van der Waals surface area contributed by atoms with E-state index in [2.05, 4.69) is 0 Å². The van der Waals surface area contributed by atoms with Gasteiger partial charge in [-0.25, -0.2) is 16.8 Å². The van der Waals surface area contributed by atoms with Gasteiger partial charge in [0.05, 0.1) is 29.7 Å². The lowest BCUT2D eigenvalue weighted by atomic mass is 10.2. The first kappa shape index (κ1) is 22.4. The van der Waals surface area contributed by atoms with Gasteiger partial charge < -0.3 is 9.47 Å². The molecule has 0 aliphatic carbocycles. The number of sulfonamides is 2. The van der Waals surface area contributed by atoms with E-state index in [4.69, 9.17) is 9.47 Å². The van der Waals surface area contributed by atoms with Crippen molar-refractivity contribution in [2.24, 2.45) is 0 Å². The van der Waals surface area contributed by atoms with Crippen LogP contribution in [0.2, 0.25) is 0 Å². The molecule has 0 saturated carbocycles. The minimum absolute atomic E-state index is 0.00243. The van der Waals surface area contributed by atoms with Crippen LogP contribution in [0.4, 0.5) is 5.69 Å². The molecule has 164 valence electrons. The average Bonchev–Trinajstić information content (AvgIpc) is 2.78. The molecule has 0 N–H and O–H groups in total. The predicted octanol–water partition coefficient (Wildman–Crippen LogP) is 2.70. The number of methoxy groups -OCH3 is 2. The largest absolute Gasteiger partial charge is 0.493 e. The number of hydrogen-bond donors (Lipinski definition) is 0. The molecule has 1 saturated heterocycles. The normalized spacial score (nSPS) is 15.6. The molecule has 0 aromatic heterocycles. The Bertz CT molecular complexity index is 1090. The maximum absolute atomic E-state index is 13.0. The van der Waals surface area contributed by atoms with E-state index in [9.17, 15) is 16.8 Å². The molecular formula is C20H26N2O6S2. The summed E-state index contributed by atoms with van der Waals surface area (Å²) in [5, 5.41) is 0. The molecule has 3 rings (SSSR count). The lowest BCUT2D eigenvalue weighted by molar-refractivity contribution is 0.346. The molecule has 2 aromatic carbocycles. The Morgan fingerprint density at radius 2 is 1.37 bits per heavy atom. The molecule has 10 heteroatoms. The Labute approximate surface area is 178 Å². The summed E-state index contributed by atoms with van der Waals surface area (Å²) in [5.74, 6) is 0.888. The lowest BCUT2D eigenvalue weighted by Gasteiger charge is -2.26. The highest BCUT2D eigenvalue weighted by molar-refractivity contribution is 7.92. The smallest absolute Gasteiger partial charge is 0.264 e. The molecule has 1 fully saturated rings. The van der Waals surface area contributed by atoms with Crippen molar-refractivity contribution in [1.82, 2.24) is 4.31 Å². The molecule has 1 aliphatic heterocycles. The van der Waals surface area contributed by atoms with E-state index in [0.717, 1.165) is 23.6 Å². The van der Waals surface area contributed by atoms with Crippen LogP contribution >= 0.6 is 0 Å². The number of nitrogens with zero attached hydrogens (tertiary/aromatic N) is 2. The minimum atomic E-state index is -3.90. The molecular weight excluding hydrogens is 428 g/mol. The summed E-state index contributed by atoms with van der Waals surface area (Å²) < 4.78 is 64.6. The fourth-order valence-electron chi connectivity index (χ4n) is 3.36. The standard InChI is InChI=1S/C20H26N2O6S2/c1-21(16-7-12-19(27-2)20(15-16)28-3)29(23,24)17-8-10-18(11-9-17)30(25,26)22-13-5-4-6-14-22/h7-12,15H,4-6,13-14H2,1-3H3. The Kier molecular flexibility index (Phi) is 6.59. The zero-order valence-electron chi connectivity index (χ0n) is 17.2. The highest BCUT2D eigenvalue weighted by atomic mass is 32.2. The summed E-state index contributed by atoms with van der Waals surface area (Å²) in [4.78, 5) is 0.0921. The van der Waals surface area contributed by atoms with Gasteiger partial charge in [0.2, 0.25) is 10.0 Å². The van der Waals surface area contributed by atoms with E-state index in [1.165, 1.54) is 49.8 Å². The number of hydrogen-bond acceptors (Lipinski definition) is 6. The van der Waals surface area contributed by atoms with Gasteiger partial charge in [0.25, 0.3) is 10.0 Å². The van der Waals surface area contributed by atoms with Gasteiger partial charge in [0.1, 0.15) is 0 Å². The monoisotopic (exact) mass is 454 g/mol. The van der Waals surface area contributed by atoms with Crippen LogP contribution in [0.1, 0.15) is 19.3 Å². The van der Waals surface area contributed by atoms with Crippen LogP contribution in [0, 0.1) is 0 Å². The summed E-state index contributed by atoms with van der Waals surface area (Å²) >= 11 is 0. The Balaban J connectivity index is 1.88.